The van der Waals surface area contributed by atoms with Gasteiger partial charge < -0.3 is 10.4 Å². The summed E-state index contributed by atoms with van der Waals surface area (Å²) in [5.41, 5.74) is 2.22. The Bertz CT molecular complexity index is 560. The van der Waals surface area contributed by atoms with Crippen LogP contribution in [-0.2, 0) is 4.79 Å². The number of benzene rings is 1. The van der Waals surface area contributed by atoms with Gasteiger partial charge in [-0.05, 0) is 5.56 Å². The molecule has 0 aliphatic carbocycles. The van der Waals surface area contributed by atoms with Gasteiger partial charge in [0.25, 0.3) is 0 Å². The number of rotatable bonds is 5. The number of halogens is 1. The van der Waals surface area contributed by atoms with E-state index in [2.05, 4.69) is 15.3 Å². The molecule has 2 rings (SSSR count). The highest BCUT2D eigenvalue weighted by Gasteiger charge is 2.10. The smallest absolute Gasteiger partial charge is 0.207 e. The Balaban J connectivity index is 2.28. The highest BCUT2D eigenvalue weighted by molar-refractivity contribution is 6.31. The molecule has 0 saturated carbocycles. The molecule has 98 valence electrons. The molecule has 0 spiro atoms. The quantitative estimate of drug-likeness (QED) is 0.814. The van der Waals surface area contributed by atoms with Crippen LogP contribution in [0.15, 0.2) is 36.7 Å². The summed E-state index contributed by atoms with van der Waals surface area (Å²) in [7, 11) is 0. The minimum absolute atomic E-state index is 0.163. The standard InChI is InChI=1S/C13H12ClN3O2/c14-13-12(15-5-6-16-13)10-3-1-9(2-4-10)11(7-18)17-8-19/h1-6,8,11,18H,7H2,(H,17,19). The number of amides is 1. The normalized spacial score (nSPS) is 11.9. The maximum absolute atomic E-state index is 10.4. The van der Waals surface area contributed by atoms with Gasteiger partial charge in [0.15, 0.2) is 5.15 Å². The predicted molar refractivity (Wildman–Crippen MR) is 71.5 cm³/mol. The second-order valence-corrected chi connectivity index (χ2v) is 4.20. The van der Waals surface area contributed by atoms with E-state index in [0.717, 1.165) is 11.1 Å². The third kappa shape index (κ3) is 3.07. The summed E-state index contributed by atoms with van der Waals surface area (Å²) in [5, 5.41) is 12.0. The molecule has 19 heavy (non-hydrogen) atoms. The highest BCUT2D eigenvalue weighted by Crippen LogP contribution is 2.24. The van der Waals surface area contributed by atoms with E-state index in [1.165, 1.54) is 6.20 Å². The molecule has 5 nitrogen and oxygen atoms in total. The summed E-state index contributed by atoms with van der Waals surface area (Å²) >= 11 is 5.97. The summed E-state index contributed by atoms with van der Waals surface area (Å²) < 4.78 is 0. The lowest BCUT2D eigenvalue weighted by Gasteiger charge is -2.13. The van der Waals surface area contributed by atoms with Crippen LogP contribution in [0.2, 0.25) is 5.15 Å². The number of carbonyl (C=O) groups is 1. The van der Waals surface area contributed by atoms with Crippen LogP contribution >= 0.6 is 11.6 Å². The van der Waals surface area contributed by atoms with Crippen molar-refractivity contribution >= 4 is 18.0 Å². The van der Waals surface area contributed by atoms with Crippen molar-refractivity contribution in [1.29, 1.82) is 0 Å². The van der Waals surface area contributed by atoms with Gasteiger partial charge in [-0.1, -0.05) is 35.9 Å². The van der Waals surface area contributed by atoms with Crippen LogP contribution in [0.1, 0.15) is 11.6 Å². The lowest BCUT2D eigenvalue weighted by Crippen LogP contribution is -2.22. The Labute approximate surface area is 115 Å². The molecule has 2 aromatic rings. The molecule has 1 heterocycles. The largest absolute Gasteiger partial charge is 0.394 e. The van der Waals surface area contributed by atoms with Crippen LogP contribution in [0.25, 0.3) is 11.3 Å². The molecule has 6 heteroatoms. The van der Waals surface area contributed by atoms with Crippen LogP contribution < -0.4 is 5.32 Å². The minimum Gasteiger partial charge on any atom is -0.394 e. The van der Waals surface area contributed by atoms with E-state index in [9.17, 15) is 9.90 Å². The zero-order valence-corrected chi connectivity index (χ0v) is 10.7. The fraction of sp³-hybridized carbons (Fsp3) is 0.154. The second-order valence-electron chi connectivity index (χ2n) is 3.84. The van der Waals surface area contributed by atoms with Crippen molar-refractivity contribution in [1.82, 2.24) is 15.3 Å². The van der Waals surface area contributed by atoms with Crippen molar-refractivity contribution < 1.29 is 9.90 Å². The predicted octanol–water partition coefficient (Wildman–Crippen LogP) is 1.58. The molecule has 1 amide bonds. The van der Waals surface area contributed by atoms with Gasteiger partial charge in [0.2, 0.25) is 6.41 Å². The molecule has 0 saturated heterocycles. The summed E-state index contributed by atoms with van der Waals surface area (Å²) in [4.78, 5) is 18.5. The SMILES string of the molecule is O=CNC(CO)c1ccc(-c2nccnc2Cl)cc1. The van der Waals surface area contributed by atoms with Crippen LogP contribution in [-0.4, -0.2) is 28.1 Å². The molecular weight excluding hydrogens is 266 g/mol. The van der Waals surface area contributed by atoms with E-state index >= 15 is 0 Å². The molecular formula is C13H12ClN3O2. The summed E-state index contributed by atoms with van der Waals surface area (Å²) in [5.74, 6) is 0. The first kappa shape index (κ1) is 13.5. The molecule has 1 aromatic carbocycles. The molecule has 0 aliphatic rings. The Hall–Kier alpha value is -1.98. The van der Waals surface area contributed by atoms with Crippen molar-refractivity contribution in [3.63, 3.8) is 0 Å². The van der Waals surface area contributed by atoms with Crippen molar-refractivity contribution in [3.05, 3.63) is 47.4 Å². The maximum Gasteiger partial charge on any atom is 0.207 e. The van der Waals surface area contributed by atoms with Crippen molar-refractivity contribution in [2.75, 3.05) is 6.61 Å². The van der Waals surface area contributed by atoms with E-state index in [0.29, 0.717) is 17.3 Å². The topological polar surface area (TPSA) is 75.1 Å². The first-order valence-electron chi connectivity index (χ1n) is 5.63. The van der Waals surface area contributed by atoms with Crippen LogP contribution in [0.3, 0.4) is 0 Å². The molecule has 0 fully saturated rings. The molecule has 1 aromatic heterocycles. The Morgan fingerprint density at radius 2 is 1.95 bits per heavy atom. The van der Waals surface area contributed by atoms with Crippen molar-refractivity contribution in [2.45, 2.75) is 6.04 Å². The second kappa shape index (κ2) is 6.26. The zero-order chi connectivity index (χ0) is 13.7. The van der Waals surface area contributed by atoms with Crippen molar-refractivity contribution in [3.8, 4) is 11.3 Å². The zero-order valence-electron chi connectivity index (χ0n) is 9.95. The van der Waals surface area contributed by atoms with Crippen LogP contribution in [0.4, 0.5) is 0 Å². The summed E-state index contributed by atoms with van der Waals surface area (Å²) in [6.07, 6.45) is 3.66. The minimum atomic E-state index is -0.413. The highest BCUT2D eigenvalue weighted by atomic mass is 35.5. The number of nitrogens with zero attached hydrogens (tertiary/aromatic N) is 2. The number of hydrogen-bond donors (Lipinski definition) is 2. The van der Waals surface area contributed by atoms with E-state index < -0.39 is 6.04 Å². The van der Waals surface area contributed by atoms with Gasteiger partial charge in [-0.15, -0.1) is 0 Å². The van der Waals surface area contributed by atoms with Gasteiger partial charge >= 0.3 is 0 Å². The number of hydrogen-bond acceptors (Lipinski definition) is 4. The van der Waals surface area contributed by atoms with Gasteiger partial charge in [-0.25, -0.2) is 4.98 Å². The number of aromatic nitrogens is 2. The van der Waals surface area contributed by atoms with Gasteiger partial charge in [0, 0.05) is 18.0 Å². The summed E-state index contributed by atoms with van der Waals surface area (Å²) in [6, 6.07) is 6.83. The molecule has 2 N–H and O–H groups in total. The Morgan fingerprint density at radius 1 is 1.26 bits per heavy atom. The number of carbonyl (C=O) groups excluding carboxylic acids is 1. The Kier molecular flexibility index (Phi) is 4.43. The monoisotopic (exact) mass is 277 g/mol. The van der Waals surface area contributed by atoms with Crippen LogP contribution in [0.5, 0.6) is 0 Å². The fourth-order valence-electron chi connectivity index (χ4n) is 1.72. The average molecular weight is 278 g/mol. The molecule has 0 bridgehead atoms. The van der Waals surface area contributed by atoms with E-state index in [1.807, 2.05) is 12.1 Å². The van der Waals surface area contributed by atoms with Gasteiger partial charge in [-0.2, -0.15) is 0 Å². The number of nitrogens with one attached hydrogen (secondary N) is 1. The summed E-state index contributed by atoms with van der Waals surface area (Å²) in [6.45, 7) is -0.163. The van der Waals surface area contributed by atoms with E-state index in [4.69, 9.17) is 11.6 Å². The van der Waals surface area contributed by atoms with Gasteiger partial charge in [0.05, 0.1) is 12.6 Å². The molecule has 1 unspecified atom stereocenters. The van der Waals surface area contributed by atoms with Gasteiger partial charge in [-0.3, -0.25) is 9.78 Å². The molecule has 0 radical (unpaired) electrons. The maximum atomic E-state index is 10.4. The van der Waals surface area contributed by atoms with Gasteiger partial charge in [0.1, 0.15) is 5.69 Å². The lowest BCUT2D eigenvalue weighted by atomic mass is 10.0. The van der Waals surface area contributed by atoms with E-state index in [1.54, 1.807) is 18.3 Å². The van der Waals surface area contributed by atoms with E-state index in [-0.39, 0.29) is 6.61 Å². The van der Waals surface area contributed by atoms with Crippen molar-refractivity contribution in [2.24, 2.45) is 0 Å². The Morgan fingerprint density at radius 3 is 2.53 bits per heavy atom. The average Bonchev–Trinajstić information content (AvgIpc) is 2.46. The first-order chi connectivity index (χ1) is 9.26. The number of aliphatic hydroxyl groups is 1. The lowest BCUT2D eigenvalue weighted by molar-refractivity contribution is -0.110. The first-order valence-corrected chi connectivity index (χ1v) is 6.01. The fourth-order valence-corrected chi connectivity index (χ4v) is 1.94. The third-order valence-electron chi connectivity index (χ3n) is 2.69. The number of aliphatic hydroxyl groups excluding tert-OH is 1. The molecule has 0 aliphatic heterocycles. The third-order valence-corrected chi connectivity index (χ3v) is 2.97. The molecule has 1 atom stereocenters. The van der Waals surface area contributed by atoms with Crippen LogP contribution in [0, 0.1) is 0 Å².